The molecule has 1 aromatic heterocycles. The molecule has 1 fully saturated rings. The Balaban J connectivity index is 1.78. The molecule has 0 aliphatic carbocycles. The van der Waals surface area contributed by atoms with Gasteiger partial charge >= 0.3 is 6.30 Å². The van der Waals surface area contributed by atoms with Crippen LogP contribution < -0.4 is 5.32 Å². The monoisotopic (exact) mass is 433 g/mol. The van der Waals surface area contributed by atoms with Crippen LogP contribution in [0.15, 0.2) is 35.9 Å². The maximum absolute atomic E-state index is 14.7. The van der Waals surface area contributed by atoms with Gasteiger partial charge in [0, 0.05) is 25.2 Å². The Bertz CT molecular complexity index is 971. The summed E-state index contributed by atoms with van der Waals surface area (Å²) in [5.74, 6) is -6.39. The van der Waals surface area contributed by atoms with E-state index in [1.807, 2.05) is 0 Å². The summed E-state index contributed by atoms with van der Waals surface area (Å²) >= 11 is 0. The predicted octanol–water partition coefficient (Wildman–Crippen LogP) is 5.05. The number of amides is 1. The number of carbonyl (C=O) groups is 1. The minimum Gasteiger partial charge on any atom is -0.306 e. The Hall–Kier alpha value is -2.95. The van der Waals surface area contributed by atoms with E-state index in [-0.39, 0.29) is 34.8 Å². The fraction of sp³-hybridized carbons (Fsp3) is 0.263. The maximum Gasteiger partial charge on any atom is 0.459 e. The van der Waals surface area contributed by atoms with Crippen molar-refractivity contribution in [1.82, 2.24) is 9.88 Å². The van der Waals surface area contributed by atoms with Crippen LogP contribution in [-0.2, 0) is 0 Å². The molecular weight excluding hydrogens is 419 g/mol. The quantitative estimate of drug-likeness (QED) is 0.545. The molecule has 0 bridgehead atoms. The SMILES string of the molecule is O=C(Nc1cccc(C(F)=C2CCN(C(F)(F)F)CC2)n1)c1c(F)cc(F)cc1F. The van der Waals surface area contributed by atoms with Crippen molar-refractivity contribution in [3.8, 4) is 0 Å². The number of rotatable bonds is 3. The number of hydrogen-bond acceptors (Lipinski definition) is 3. The average Bonchev–Trinajstić information content (AvgIpc) is 2.66. The first-order valence-electron chi connectivity index (χ1n) is 8.69. The Morgan fingerprint density at radius 1 is 1.03 bits per heavy atom. The zero-order chi connectivity index (χ0) is 22.1. The van der Waals surface area contributed by atoms with Gasteiger partial charge in [-0.05, 0) is 30.5 Å². The number of benzene rings is 1. The normalized spacial score (nSPS) is 15.2. The zero-order valence-electron chi connectivity index (χ0n) is 15.2. The average molecular weight is 433 g/mol. The molecule has 11 heteroatoms. The summed E-state index contributed by atoms with van der Waals surface area (Å²) in [7, 11) is 0. The van der Waals surface area contributed by atoms with Crippen LogP contribution in [0.5, 0.6) is 0 Å². The molecule has 3 rings (SSSR count). The van der Waals surface area contributed by atoms with Gasteiger partial charge in [-0.15, -0.1) is 0 Å². The van der Waals surface area contributed by atoms with Crippen molar-refractivity contribution in [2.45, 2.75) is 19.1 Å². The van der Waals surface area contributed by atoms with Crippen molar-refractivity contribution in [2.75, 3.05) is 18.4 Å². The molecule has 0 unspecified atom stereocenters. The summed E-state index contributed by atoms with van der Waals surface area (Å²) in [4.78, 5) is 16.2. The fourth-order valence-electron chi connectivity index (χ4n) is 3.00. The number of piperidine rings is 1. The molecule has 30 heavy (non-hydrogen) atoms. The highest BCUT2D eigenvalue weighted by molar-refractivity contribution is 6.04. The zero-order valence-corrected chi connectivity index (χ0v) is 15.2. The molecule has 0 atom stereocenters. The van der Waals surface area contributed by atoms with Crippen molar-refractivity contribution < 1.29 is 35.5 Å². The summed E-state index contributed by atoms with van der Waals surface area (Å²) in [6.45, 7) is -0.794. The van der Waals surface area contributed by atoms with Crippen LogP contribution in [0.25, 0.3) is 5.83 Å². The number of likely N-dealkylation sites (tertiary alicyclic amines) is 1. The summed E-state index contributed by atoms with van der Waals surface area (Å²) < 4.78 is 93.1. The van der Waals surface area contributed by atoms with E-state index in [1.54, 1.807) is 0 Å². The molecule has 0 saturated carbocycles. The standard InChI is InChI=1S/C19H14F7N3O/c20-11-8-12(21)16(13(22)9-11)18(30)28-15-3-1-2-14(27-15)17(23)10-4-6-29(7-5-10)19(24,25)26/h1-3,8-9H,4-7H2,(H,27,28,30). The molecule has 1 aliphatic rings. The van der Waals surface area contributed by atoms with Crippen LogP contribution in [0, 0.1) is 17.5 Å². The molecule has 0 spiro atoms. The van der Waals surface area contributed by atoms with Crippen LogP contribution in [0.1, 0.15) is 28.9 Å². The molecule has 0 radical (unpaired) electrons. The topological polar surface area (TPSA) is 45.2 Å². The largest absolute Gasteiger partial charge is 0.459 e. The van der Waals surface area contributed by atoms with E-state index in [4.69, 9.17) is 0 Å². The third-order valence-electron chi connectivity index (χ3n) is 4.49. The van der Waals surface area contributed by atoms with Crippen molar-refractivity contribution in [3.63, 3.8) is 0 Å². The van der Waals surface area contributed by atoms with Crippen molar-refractivity contribution in [3.05, 3.63) is 64.6 Å². The van der Waals surface area contributed by atoms with Gasteiger partial charge < -0.3 is 5.32 Å². The minimum atomic E-state index is -4.49. The van der Waals surface area contributed by atoms with Gasteiger partial charge in [-0.3, -0.25) is 4.79 Å². The summed E-state index contributed by atoms with van der Waals surface area (Å²) in [5, 5.41) is 2.09. The number of pyridine rings is 1. The van der Waals surface area contributed by atoms with Crippen LogP contribution in [0.3, 0.4) is 0 Å². The van der Waals surface area contributed by atoms with Gasteiger partial charge in [-0.25, -0.2) is 27.4 Å². The molecule has 1 saturated heterocycles. The number of anilines is 1. The number of nitrogens with one attached hydrogen (secondary N) is 1. The Morgan fingerprint density at radius 3 is 2.20 bits per heavy atom. The van der Waals surface area contributed by atoms with E-state index in [0.717, 1.165) is 0 Å². The number of nitrogens with zero attached hydrogens (tertiary/aromatic N) is 2. The van der Waals surface area contributed by atoms with Gasteiger partial charge in [0.2, 0.25) is 0 Å². The number of carbonyl (C=O) groups excluding carboxylic acids is 1. The third kappa shape index (κ3) is 4.78. The second-order valence-electron chi connectivity index (χ2n) is 6.48. The summed E-state index contributed by atoms with van der Waals surface area (Å²) in [6, 6.07) is 4.44. The molecular formula is C19H14F7N3O. The Kier molecular flexibility index (Phi) is 6.11. The lowest BCUT2D eigenvalue weighted by atomic mass is 10.0. The number of hydrogen-bond donors (Lipinski definition) is 1. The third-order valence-corrected chi connectivity index (χ3v) is 4.49. The highest BCUT2D eigenvalue weighted by Crippen LogP contribution is 2.32. The lowest BCUT2D eigenvalue weighted by molar-refractivity contribution is -0.247. The van der Waals surface area contributed by atoms with Crippen LogP contribution in [-0.4, -0.2) is 35.2 Å². The highest BCUT2D eigenvalue weighted by Gasteiger charge is 2.38. The molecule has 4 nitrogen and oxygen atoms in total. The smallest absolute Gasteiger partial charge is 0.306 e. The van der Waals surface area contributed by atoms with E-state index in [2.05, 4.69) is 10.3 Å². The van der Waals surface area contributed by atoms with E-state index < -0.39 is 54.1 Å². The molecule has 1 N–H and O–H groups in total. The first-order valence-corrected chi connectivity index (χ1v) is 8.69. The second kappa shape index (κ2) is 8.42. The van der Waals surface area contributed by atoms with E-state index in [0.29, 0.717) is 12.1 Å². The molecule has 1 aliphatic heterocycles. The predicted molar refractivity (Wildman–Crippen MR) is 93.4 cm³/mol. The van der Waals surface area contributed by atoms with E-state index >= 15 is 0 Å². The van der Waals surface area contributed by atoms with Crippen molar-refractivity contribution in [2.24, 2.45) is 0 Å². The summed E-state index contributed by atoms with van der Waals surface area (Å²) in [6.07, 6.45) is -4.80. The van der Waals surface area contributed by atoms with Crippen LogP contribution >= 0.6 is 0 Å². The molecule has 2 heterocycles. The fourth-order valence-corrected chi connectivity index (χ4v) is 3.00. The van der Waals surface area contributed by atoms with Crippen LogP contribution in [0.4, 0.5) is 36.6 Å². The molecule has 2 aromatic rings. The van der Waals surface area contributed by atoms with Gasteiger partial charge in [-0.1, -0.05) is 6.07 Å². The number of aromatic nitrogens is 1. The first-order chi connectivity index (χ1) is 14.1. The van der Waals surface area contributed by atoms with Gasteiger partial charge in [0.25, 0.3) is 5.91 Å². The summed E-state index contributed by atoms with van der Waals surface area (Å²) in [5.41, 5.74) is -1.15. The molecule has 1 amide bonds. The Labute approximate surface area is 166 Å². The molecule has 1 aromatic carbocycles. The van der Waals surface area contributed by atoms with Gasteiger partial charge in [0.05, 0.1) is 0 Å². The lowest BCUT2D eigenvalue weighted by Gasteiger charge is -2.29. The highest BCUT2D eigenvalue weighted by atomic mass is 19.4. The van der Waals surface area contributed by atoms with Crippen LogP contribution in [0.2, 0.25) is 0 Å². The van der Waals surface area contributed by atoms with E-state index in [1.165, 1.54) is 18.2 Å². The Morgan fingerprint density at radius 2 is 1.63 bits per heavy atom. The van der Waals surface area contributed by atoms with E-state index in [9.17, 15) is 35.5 Å². The van der Waals surface area contributed by atoms with Crippen molar-refractivity contribution in [1.29, 1.82) is 0 Å². The number of halogens is 7. The second-order valence-corrected chi connectivity index (χ2v) is 6.48. The lowest BCUT2D eigenvalue weighted by Crippen LogP contribution is -2.42. The van der Waals surface area contributed by atoms with Gasteiger partial charge in [-0.2, -0.15) is 13.2 Å². The maximum atomic E-state index is 14.7. The van der Waals surface area contributed by atoms with Gasteiger partial charge in [0.1, 0.15) is 40.4 Å². The van der Waals surface area contributed by atoms with Crippen molar-refractivity contribution >= 4 is 17.6 Å². The number of alkyl halides is 3. The minimum absolute atomic E-state index is 0.141. The van der Waals surface area contributed by atoms with Gasteiger partial charge in [0.15, 0.2) is 0 Å². The first kappa shape index (κ1) is 21.8. The molecule has 160 valence electrons.